The number of carbonyl (C=O) groups excluding carboxylic acids is 4. The van der Waals surface area contributed by atoms with E-state index in [4.69, 9.17) is 16.3 Å². The number of allylic oxidation sites excluding steroid dienone is 2. The van der Waals surface area contributed by atoms with Crippen molar-refractivity contribution in [3.63, 3.8) is 0 Å². The normalized spacial score (nSPS) is 27.8. The third-order valence-corrected chi connectivity index (χ3v) is 11.1. The van der Waals surface area contributed by atoms with Crippen molar-refractivity contribution < 1.29 is 38.9 Å². The van der Waals surface area contributed by atoms with Crippen molar-refractivity contribution in [1.29, 1.82) is 0 Å². The first kappa shape index (κ1) is 32.1. The van der Waals surface area contributed by atoms with Gasteiger partial charge in [0.1, 0.15) is 0 Å². The van der Waals surface area contributed by atoms with Crippen molar-refractivity contribution in [2.24, 2.45) is 23.7 Å². The van der Waals surface area contributed by atoms with Crippen molar-refractivity contribution in [2.45, 2.75) is 30.6 Å². The molecule has 4 amide bonds. The Morgan fingerprint density at radius 3 is 2.44 bits per heavy atom. The number of hydrogen-bond donors (Lipinski definition) is 2. The van der Waals surface area contributed by atoms with Gasteiger partial charge in [0.15, 0.2) is 11.5 Å². The molecule has 0 aromatic heterocycles. The second kappa shape index (κ2) is 11.9. The molecule has 4 aliphatic rings. The first-order valence-electron chi connectivity index (χ1n) is 15.5. The number of anilines is 1. The van der Waals surface area contributed by atoms with E-state index in [1.54, 1.807) is 60.7 Å². The molecule has 0 radical (unpaired) electrons. The van der Waals surface area contributed by atoms with Crippen molar-refractivity contribution in [2.75, 3.05) is 18.6 Å². The molecule has 2 N–H and O–H groups in total. The van der Waals surface area contributed by atoms with E-state index in [0.717, 1.165) is 9.80 Å². The standard InChI is InChI=1S/C36H30BrClN2O8/c1-48-27-15-19(37)14-25(31(27)43)30-22-10-11-23-29(34(46)39(32(23)44)13-12-28(41)42)24(22)17-26-33(45)40(21-9-5-8-20(38)16-21)35(47)36(26,30)18-6-3-2-4-7-18/h2-10,14-16,23-24,26,29-30,43H,11-13,17H2,1H3,(H,41,42). The number of phenolic OH excluding ortho intramolecular Hbond substituents is 1. The van der Waals surface area contributed by atoms with E-state index in [9.17, 15) is 29.4 Å². The largest absolute Gasteiger partial charge is 0.504 e. The fourth-order valence-corrected chi connectivity index (χ4v) is 9.19. The molecular formula is C36H30BrClN2O8. The van der Waals surface area contributed by atoms with Gasteiger partial charge in [-0.25, -0.2) is 4.90 Å². The van der Waals surface area contributed by atoms with Gasteiger partial charge in [-0.05, 0) is 54.7 Å². The molecule has 246 valence electrons. The van der Waals surface area contributed by atoms with Crippen LogP contribution in [0.1, 0.15) is 36.3 Å². The Morgan fingerprint density at radius 2 is 1.75 bits per heavy atom. The van der Waals surface area contributed by atoms with E-state index in [1.165, 1.54) is 7.11 Å². The summed E-state index contributed by atoms with van der Waals surface area (Å²) in [4.78, 5) is 71.1. The van der Waals surface area contributed by atoms with Gasteiger partial charge in [0, 0.05) is 27.5 Å². The number of aliphatic carboxylic acids is 1. The molecular weight excluding hydrogens is 704 g/mol. The van der Waals surface area contributed by atoms with Crippen molar-refractivity contribution >= 4 is 62.8 Å². The number of carbonyl (C=O) groups is 5. The molecule has 3 aromatic rings. The molecule has 0 spiro atoms. The molecule has 6 unspecified atom stereocenters. The number of hydrogen-bond acceptors (Lipinski definition) is 7. The van der Waals surface area contributed by atoms with Crippen LogP contribution in [0.2, 0.25) is 5.02 Å². The maximum atomic E-state index is 15.3. The second-order valence-corrected chi connectivity index (χ2v) is 14.0. The summed E-state index contributed by atoms with van der Waals surface area (Å²) in [6.45, 7) is -0.257. The number of phenols is 1. The number of likely N-dealkylation sites (tertiary alicyclic amines) is 1. The van der Waals surface area contributed by atoms with Gasteiger partial charge in [0.25, 0.3) is 0 Å². The number of halogens is 2. The van der Waals surface area contributed by atoms with E-state index in [2.05, 4.69) is 15.9 Å². The second-order valence-electron chi connectivity index (χ2n) is 12.6. The number of rotatable bonds is 7. The number of aromatic hydroxyl groups is 1. The molecule has 1 saturated carbocycles. The highest BCUT2D eigenvalue weighted by Crippen LogP contribution is 2.65. The Bertz CT molecular complexity index is 1930. The third kappa shape index (κ3) is 4.62. The van der Waals surface area contributed by atoms with E-state index in [0.29, 0.717) is 31.9 Å². The predicted octanol–water partition coefficient (Wildman–Crippen LogP) is 5.45. The summed E-state index contributed by atoms with van der Waals surface area (Å²) in [5.41, 5.74) is 0.243. The molecule has 2 saturated heterocycles. The zero-order chi connectivity index (χ0) is 34.1. The minimum absolute atomic E-state index is 0.0672. The summed E-state index contributed by atoms with van der Waals surface area (Å²) in [5, 5.41) is 21.4. The van der Waals surface area contributed by atoms with Crippen LogP contribution in [0.5, 0.6) is 11.5 Å². The summed E-state index contributed by atoms with van der Waals surface area (Å²) in [6.07, 6.45) is 1.72. The lowest BCUT2D eigenvalue weighted by atomic mass is 9.49. The SMILES string of the molecule is COc1cc(Br)cc(C2C3=CCC4C(=O)N(CCC(=O)O)C(=O)C4C3CC3C(=O)N(c4cccc(Cl)c4)C(=O)C32c2ccccc2)c1O. The monoisotopic (exact) mass is 732 g/mol. The van der Waals surface area contributed by atoms with Crippen LogP contribution in [0.25, 0.3) is 0 Å². The van der Waals surface area contributed by atoms with Gasteiger partial charge in [-0.2, -0.15) is 0 Å². The summed E-state index contributed by atoms with van der Waals surface area (Å²) >= 11 is 9.88. The minimum atomic E-state index is -1.58. The zero-order valence-corrected chi connectivity index (χ0v) is 28.0. The van der Waals surface area contributed by atoms with Crippen LogP contribution in [0.3, 0.4) is 0 Å². The smallest absolute Gasteiger partial charge is 0.305 e. The highest BCUT2D eigenvalue weighted by Gasteiger charge is 2.70. The molecule has 7 rings (SSSR count). The summed E-state index contributed by atoms with van der Waals surface area (Å²) in [6, 6.07) is 18.7. The molecule has 3 aromatic carbocycles. The lowest BCUT2D eigenvalue weighted by Gasteiger charge is -2.50. The fraction of sp³-hybridized carbons (Fsp3) is 0.306. The van der Waals surface area contributed by atoms with Crippen LogP contribution in [0.15, 0.2) is 82.9 Å². The minimum Gasteiger partial charge on any atom is -0.504 e. The van der Waals surface area contributed by atoms with Crippen LogP contribution in [0, 0.1) is 23.7 Å². The quantitative estimate of drug-likeness (QED) is 0.241. The Hall–Kier alpha value is -4.48. The van der Waals surface area contributed by atoms with Gasteiger partial charge >= 0.3 is 5.97 Å². The van der Waals surface area contributed by atoms with Gasteiger partial charge in [0.2, 0.25) is 23.6 Å². The molecule has 6 atom stereocenters. The van der Waals surface area contributed by atoms with Crippen LogP contribution in [-0.4, -0.2) is 58.4 Å². The molecule has 48 heavy (non-hydrogen) atoms. The zero-order valence-electron chi connectivity index (χ0n) is 25.6. The summed E-state index contributed by atoms with van der Waals surface area (Å²) in [7, 11) is 1.41. The number of nitrogens with zero attached hydrogens (tertiary/aromatic N) is 2. The molecule has 12 heteroatoms. The lowest BCUT2D eigenvalue weighted by Crippen LogP contribution is -2.53. The van der Waals surface area contributed by atoms with Gasteiger partial charge < -0.3 is 14.9 Å². The molecule has 10 nitrogen and oxygen atoms in total. The lowest BCUT2D eigenvalue weighted by molar-refractivity contribution is -0.142. The van der Waals surface area contributed by atoms with Crippen LogP contribution < -0.4 is 9.64 Å². The van der Waals surface area contributed by atoms with E-state index in [1.807, 2.05) is 12.1 Å². The fourth-order valence-electron chi connectivity index (χ4n) is 8.55. The maximum absolute atomic E-state index is 15.3. The number of amides is 4. The number of fused-ring (bicyclic) bond motifs is 4. The number of imide groups is 2. The van der Waals surface area contributed by atoms with Gasteiger partial charge in [0.05, 0.1) is 42.4 Å². The Labute approximate surface area is 289 Å². The first-order chi connectivity index (χ1) is 23.0. The molecule has 2 aliphatic heterocycles. The Kier molecular flexibility index (Phi) is 7.95. The molecule has 2 aliphatic carbocycles. The average Bonchev–Trinajstić information content (AvgIpc) is 3.45. The maximum Gasteiger partial charge on any atom is 0.305 e. The van der Waals surface area contributed by atoms with Crippen LogP contribution >= 0.6 is 27.5 Å². The van der Waals surface area contributed by atoms with Crippen LogP contribution in [0.4, 0.5) is 5.69 Å². The molecule has 2 heterocycles. The van der Waals surface area contributed by atoms with Gasteiger partial charge in [-0.1, -0.05) is 75.6 Å². The highest BCUT2D eigenvalue weighted by molar-refractivity contribution is 9.10. The van der Waals surface area contributed by atoms with Crippen LogP contribution in [-0.2, 0) is 29.4 Å². The van der Waals surface area contributed by atoms with E-state index >= 15 is 4.79 Å². The molecule has 0 bridgehead atoms. The summed E-state index contributed by atoms with van der Waals surface area (Å²) < 4.78 is 6.08. The number of benzene rings is 3. The van der Waals surface area contributed by atoms with Crippen molar-refractivity contribution in [3.8, 4) is 11.5 Å². The van der Waals surface area contributed by atoms with Gasteiger partial charge in [-0.3, -0.25) is 28.9 Å². The highest BCUT2D eigenvalue weighted by atomic mass is 79.9. The van der Waals surface area contributed by atoms with Crippen molar-refractivity contribution in [3.05, 3.63) is 99.0 Å². The summed E-state index contributed by atoms with van der Waals surface area (Å²) in [5.74, 6) is -7.41. The Morgan fingerprint density at radius 1 is 1.00 bits per heavy atom. The van der Waals surface area contributed by atoms with Gasteiger partial charge in [-0.15, -0.1) is 0 Å². The van der Waals surface area contributed by atoms with E-state index in [-0.39, 0.29) is 30.9 Å². The topological polar surface area (TPSA) is 142 Å². The molecule has 3 fully saturated rings. The number of methoxy groups -OCH3 is 1. The van der Waals surface area contributed by atoms with Crippen molar-refractivity contribution in [1.82, 2.24) is 4.90 Å². The Balaban J connectivity index is 1.49. The van der Waals surface area contributed by atoms with E-state index < -0.39 is 71.0 Å². The average molecular weight is 734 g/mol. The number of carboxylic acids is 1. The number of ether oxygens (including phenoxy) is 1. The predicted molar refractivity (Wildman–Crippen MR) is 177 cm³/mol. The number of carboxylic acid groups (broad SMARTS) is 1. The first-order valence-corrected chi connectivity index (χ1v) is 16.7. The third-order valence-electron chi connectivity index (χ3n) is 10.4.